The maximum Gasteiger partial charge on any atom is 0.251 e. The van der Waals surface area contributed by atoms with Crippen molar-refractivity contribution in [2.24, 2.45) is 5.92 Å². The molecule has 0 saturated heterocycles. The van der Waals surface area contributed by atoms with Crippen molar-refractivity contribution in [1.82, 2.24) is 10.6 Å². The summed E-state index contributed by atoms with van der Waals surface area (Å²) < 4.78 is 0. The first-order valence-corrected chi connectivity index (χ1v) is 9.56. The van der Waals surface area contributed by atoms with Crippen molar-refractivity contribution in [3.8, 4) is 6.07 Å². The highest BCUT2D eigenvalue weighted by molar-refractivity contribution is 5.97. The first kappa shape index (κ1) is 20.0. The molecular weight excluding hydrogens is 326 g/mol. The van der Waals surface area contributed by atoms with Crippen molar-refractivity contribution >= 4 is 11.8 Å². The maximum absolute atomic E-state index is 12.5. The average Bonchev–Trinajstić information content (AvgIpc) is 2.66. The lowest BCUT2D eigenvalue weighted by Gasteiger charge is -2.22. The van der Waals surface area contributed by atoms with Crippen LogP contribution in [-0.4, -0.2) is 24.4 Å². The van der Waals surface area contributed by atoms with Crippen LogP contribution in [0.1, 0.15) is 74.2 Å². The Hall–Kier alpha value is -2.35. The zero-order valence-corrected chi connectivity index (χ0v) is 15.8. The Balaban J connectivity index is 2.01. The number of nitriles is 1. The Morgan fingerprint density at radius 3 is 2.38 bits per heavy atom. The molecule has 2 N–H and O–H groups in total. The largest absolute Gasteiger partial charge is 0.341 e. The van der Waals surface area contributed by atoms with Gasteiger partial charge in [-0.1, -0.05) is 45.2 Å². The second-order valence-electron chi connectivity index (χ2n) is 7.49. The predicted octanol–water partition coefficient (Wildman–Crippen LogP) is 3.52. The first-order chi connectivity index (χ1) is 12.5. The highest BCUT2D eigenvalue weighted by Crippen LogP contribution is 2.32. The number of hydrogen-bond acceptors (Lipinski definition) is 3. The molecule has 1 aromatic rings. The van der Waals surface area contributed by atoms with E-state index >= 15 is 0 Å². The van der Waals surface area contributed by atoms with Crippen LogP contribution < -0.4 is 10.6 Å². The quantitative estimate of drug-likeness (QED) is 0.734. The minimum atomic E-state index is -0.631. The summed E-state index contributed by atoms with van der Waals surface area (Å²) in [5.41, 5.74) is 1.86. The van der Waals surface area contributed by atoms with E-state index in [2.05, 4.69) is 10.6 Å². The van der Waals surface area contributed by atoms with Crippen LogP contribution in [0.5, 0.6) is 0 Å². The predicted molar refractivity (Wildman–Crippen MR) is 102 cm³/mol. The van der Waals surface area contributed by atoms with Crippen LogP contribution in [0.15, 0.2) is 24.3 Å². The van der Waals surface area contributed by atoms with E-state index in [9.17, 15) is 9.59 Å². The number of nitrogens with one attached hydrogen (secondary N) is 2. The molecule has 140 valence electrons. The van der Waals surface area contributed by atoms with Gasteiger partial charge in [-0.05, 0) is 48.8 Å². The molecule has 1 fully saturated rings. The third-order valence-electron chi connectivity index (χ3n) is 4.92. The van der Waals surface area contributed by atoms with Gasteiger partial charge < -0.3 is 10.6 Å². The Bertz CT molecular complexity index is 640. The summed E-state index contributed by atoms with van der Waals surface area (Å²) in [6, 6.07) is 9.03. The number of carbonyl (C=O) groups excluding carboxylic acids is 2. The van der Waals surface area contributed by atoms with Crippen LogP contribution in [0.4, 0.5) is 0 Å². The van der Waals surface area contributed by atoms with Crippen LogP contribution >= 0.6 is 0 Å². The number of hydrogen-bond donors (Lipinski definition) is 2. The molecule has 0 bridgehead atoms. The molecule has 0 unspecified atom stereocenters. The van der Waals surface area contributed by atoms with E-state index in [1.165, 1.54) is 37.7 Å². The van der Waals surface area contributed by atoms with Gasteiger partial charge in [0.2, 0.25) is 5.91 Å². The summed E-state index contributed by atoms with van der Waals surface area (Å²) in [5.74, 6) is 0.290. The van der Waals surface area contributed by atoms with Crippen LogP contribution in [0.3, 0.4) is 0 Å². The van der Waals surface area contributed by atoms with Gasteiger partial charge >= 0.3 is 0 Å². The van der Waals surface area contributed by atoms with E-state index in [0.717, 1.165) is 0 Å². The number of benzene rings is 1. The Kier molecular flexibility index (Phi) is 7.65. The van der Waals surface area contributed by atoms with Crippen molar-refractivity contribution in [2.75, 3.05) is 6.54 Å². The van der Waals surface area contributed by atoms with Gasteiger partial charge in [0.1, 0.15) is 12.6 Å². The summed E-state index contributed by atoms with van der Waals surface area (Å²) in [6.07, 6.45) is 6.86. The number of nitrogens with zero attached hydrogens (tertiary/aromatic N) is 1. The standard InChI is InChI=1S/C21H29N3O2/c1-15(2)14-19(21(26)23-13-12-22)24-20(25)18-10-8-17(9-11-18)16-6-4-3-5-7-16/h8-11,15-16,19H,3-7,13-14H2,1-2H3,(H,23,26)(H,24,25)/t19-/m0/s1. The second-order valence-corrected chi connectivity index (χ2v) is 7.49. The zero-order valence-electron chi connectivity index (χ0n) is 15.8. The number of amides is 2. The van der Waals surface area contributed by atoms with Gasteiger partial charge in [0, 0.05) is 5.56 Å². The van der Waals surface area contributed by atoms with E-state index < -0.39 is 6.04 Å². The summed E-state index contributed by atoms with van der Waals surface area (Å²) in [6.45, 7) is 3.94. The smallest absolute Gasteiger partial charge is 0.251 e. The lowest BCUT2D eigenvalue weighted by molar-refractivity contribution is -0.123. The molecule has 0 heterocycles. The van der Waals surface area contributed by atoms with Crippen molar-refractivity contribution in [3.63, 3.8) is 0 Å². The lowest BCUT2D eigenvalue weighted by atomic mass is 9.84. The van der Waals surface area contributed by atoms with E-state index in [1.807, 2.05) is 44.2 Å². The van der Waals surface area contributed by atoms with Crippen molar-refractivity contribution in [1.29, 1.82) is 5.26 Å². The Morgan fingerprint density at radius 2 is 1.81 bits per heavy atom. The molecule has 1 atom stereocenters. The highest BCUT2D eigenvalue weighted by Gasteiger charge is 2.22. The molecule has 5 nitrogen and oxygen atoms in total. The van der Waals surface area contributed by atoms with Gasteiger partial charge in [0.25, 0.3) is 5.91 Å². The fraction of sp³-hybridized carbons (Fsp3) is 0.571. The third-order valence-corrected chi connectivity index (χ3v) is 4.92. The fourth-order valence-electron chi connectivity index (χ4n) is 3.54. The van der Waals surface area contributed by atoms with E-state index in [1.54, 1.807) is 0 Å². The van der Waals surface area contributed by atoms with E-state index in [0.29, 0.717) is 17.9 Å². The maximum atomic E-state index is 12.5. The molecule has 26 heavy (non-hydrogen) atoms. The van der Waals surface area contributed by atoms with Gasteiger partial charge in [-0.15, -0.1) is 0 Å². The first-order valence-electron chi connectivity index (χ1n) is 9.56. The zero-order chi connectivity index (χ0) is 18.9. The molecule has 5 heteroatoms. The summed E-state index contributed by atoms with van der Waals surface area (Å²) in [4.78, 5) is 24.7. The molecule has 1 aliphatic rings. The lowest BCUT2D eigenvalue weighted by Crippen LogP contribution is -2.47. The molecule has 2 amide bonds. The van der Waals surface area contributed by atoms with Gasteiger partial charge in [-0.3, -0.25) is 9.59 Å². The number of carbonyl (C=O) groups is 2. The Morgan fingerprint density at radius 1 is 1.15 bits per heavy atom. The molecule has 0 aliphatic heterocycles. The van der Waals surface area contributed by atoms with E-state index in [4.69, 9.17) is 5.26 Å². The van der Waals surface area contributed by atoms with Crippen LogP contribution in [0, 0.1) is 17.2 Å². The molecule has 0 aromatic heterocycles. The molecule has 0 spiro atoms. The van der Waals surface area contributed by atoms with Gasteiger partial charge in [-0.2, -0.15) is 5.26 Å². The monoisotopic (exact) mass is 355 g/mol. The highest BCUT2D eigenvalue weighted by atomic mass is 16.2. The van der Waals surface area contributed by atoms with Gasteiger partial charge in [-0.25, -0.2) is 0 Å². The summed E-state index contributed by atoms with van der Waals surface area (Å²) in [7, 11) is 0. The molecule has 1 saturated carbocycles. The molecule has 1 aliphatic carbocycles. The summed E-state index contributed by atoms with van der Waals surface area (Å²) in [5, 5.41) is 14.0. The Labute approximate surface area is 156 Å². The normalized spacial score (nSPS) is 15.9. The number of rotatable bonds is 7. The topological polar surface area (TPSA) is 82.0 Å². The van der Waals surface area contributed by atoms with Crippen molar-refractivity contribution in [3.05, 3.63) is 35.4 Å². The molecule has 1 aromatic carbocycles. The SMILES string of the molecule is CC(C)C[C@H](NC(=O)c1ccc(C2CCCCC2)cc1)C(=O)NCC#N. The van der Waals surface area contributed by atoms with Crippen LogP contribution in [0.2, 0.25) is 0 Å². The van der Waals surface area contributed by atoms with Gasteiger partial charge in [0.05, 0.1) is 6.07 Å². The minimum absolute atomic E-state index is 0.0562. The average molecular weight is 355 g/mol. The minimum Gasteiger partial charge on any atom is -0.341 e. The summed E-state index contributed by atoms with van der Waals surface area (Å²) >= 11 is 0. The molecule has 0 radical (unpaired) electrons. The molecule has 2 rings (SSSR count). The fourth-order valence-corrected chi connectivity index (χ4v) is 3.54. The third kappa shape index (κ3) is 5.87. The second kappa shape index (κ2) is 9.96. The van der Waals surface area contributed by atoms with E-state index in [-0.39, 0.29) is 24.3 Å². The van der Waals surface area contributed by atoms with Crippen molar-refractivity contribution in [2.45, 2.75) is 64.3 Å². The molecular formula is C21H29N3O2. The van der Waals surface area contributed by atoms with Crippen LogP contribution in [-0.2, 0) is 4.79 Å². The van der Waals surface area contributed by atoms with Crippen LogP contribution in [0.25, 0.3) is 0 Å². The van der Waals surface area contributed by atoms with Gasteiger partial charge in [0.15, 0.2) is 0 Å². The van der Waals surface area contributed by atoms with Crippen molar-refractivity contribution < 1.29 is 9.59 Å².